The molecule has 0 aliphatic carbocycles. The lowest BCUT2D eigenvalue weighted by Crippen LogP contribution is -2.10. The summed E-state index contributed by atoms with van der Waals surface area (Å²) >= 11 is 3.52. The number of rotatable bonds is 6. The van der Waals surface area contributed by atoms with E-state index in [4.69, 9.17) is 9.47 Å². The zero-order valence-corrected chi connectivity index (χ0v) is 12.8. The van der Waals surface area contributed by atoms with E-state index in [1.165, 1.54) is 0 Å². The molecule has 0 radical (unpaired) electrons. The molecule has 0 aromatic heterocycles. The first-order chi connectivity index (χ1) is 8.51. The largest absolute Gasteiger partial charge is 0.493 e. The second-order valence-electron chi connectivity index (χ2n) is 4.46. The summed E-state index contributed by atoms with van der Waals surface area (Å²) in [6, 6.07) is 3.78. The molecule has 0 bridgehead atoms. The minimum atomic E-state index is 0.0513. The van der Waals surface area contributed by atoms with E-state index in [-0.39, 0.29) is 12.0 Å². The van der Waals surface area contributed by atoms with Gasteiger partial charge in [-0.1, -0.05) is 22.9 Å². The average Bonchev–Trinajstić information content (AvgIpc) is 2.29. The Morgan fingerprint density at radius 2 is 2.00 bits per heavy atom. The molecule has 0 spiro atoms. The molecule has 0 aliphatic heterocycles. The van der Waals surface area contributed by atoms with E-state index in [1.807, 2.05) is 32.9 Å². The molecule has 18 heavy (non-hydrogen) atoms. The van der Waals surface area contributed by atoms with Crippen molar-refractivity contribution >= 4 is 22.2 Å². The number of ether oxygens (including phenoxy) is 2. The van der Waals surface area contributed by atoms with Gasteiger partial charge in [0.25, 0.3) is 0 Å². The van der Waals surface area contributed by atoms with Gasteiger partial charge in [0, 0.05) is 16.5 Å². The molecule has 0 amide bonds. The Morgan fingerprint density at radius 3 is 2.50 bits per heavy atom. The molecule has 3 nitrogen and oxygen atoms in total. The maximum Gasteiger partial charge on any atom is 0.166 e. The van der Waals surface area contributed by atoms with Crippen molar-refractivity contribution in [2.75, 3.05) is 7.11 Å². The highest BCUT2D eigenvalue weighted by Crippen LogP contribution is 2.41. The Morgan fingerprint density at radius 1 is 1.33 bits per heavy atom. The number of hydrogen-bond donors (Lipinski definition) is 0. The number of methoxy groups -OCH3 is 1. The van der Waals surface area contributed by atoms with Crippen molar-refractivity contribution in [2.45, 2.75) is 39.2 Å². The second kappa shape index (κ2) is 6.78. The van der Waals surface area contributed by atoms with Gasteiger partial charge in [0.05, 0.1) is 13.2 Å². The van der Waals surface area contributed by atoms with Crippen molar-refractivity contribution in [1.82, 2.24) is 0 Å². The summed E-state index contributed by atoms with van der Waals surface area (Å²) in [5, 5.41) is 0. The summed E-state index contributed by atoms with van der Waals surface area (Å²) in [6.45, 7) is 5.93. The van der Waals surface area contributed by atoms with E-state index in [9.17, 15) is 4.79 Å². The third kappa shape index (κ3) is 3.48. The minimum Gasteiger partial charge on any atom is -0.493 e. The maximum absolute atomic E-state index is 10.7. The van der Waals surface area contributed by atoms with Gasteiger partial charge in [-0.2, -0.15) is 0 Å². The van der Waals surface area contributed by atoms with Gasteiger partial charge < -0.3 is 14.3 Å². The molecule has 0 fully saturated rings. The summed E-state index contributed by atoms with van der Waals surface area (Å²) in [4.78, 5) is 10.7. The standard InChI is InChI=1S/C14H19BrO3/c1-9(2)18-14-12(17-4)6-5-11(15)13(14)10(3)7-8-16/h5-6,8-10H,7H2,1-4H3. The van der Waals surface area contributed by atoms with Crippen LogP contribution in [0.1, 0.15) is 38.7 Å². The quantitative estimate of drug-likeness (QED) is 0.746. The minimum absolute atomic E-state index is 0.0513. The molecular weight excluding hydrogens is 296 g/mol. The van der Waals surface area contributed by atoms with Gasteiger partial charge in [-0.05, 0) is 31.9 Å². The summed E-state index contributed by atoms with van der Waals surface area (Å²) in [7, 11) is 1.62. The van der Waals surface area contributed by atoms with E-state index in [2.05, 4.69) is 15.9 Å². The van der Waals surface area contributed by atoms with Gasteiger partial charge in [-0.3, -0.25) is 0 Å². The second-order valence-corrected chi connectivity index (χ2v) is 5.32. The average molecular weight is 315 g/mol. The Labute approximate surface area is 117 Å². The highest BCUT2D eigenvalue weighted by molar-refractivity contribution is 9.10. The van der Waals surface area contributed by atoms with Crippen LogP contribution in [-0.2, 0) is 4.79 Å². The van der Waals surface area contributed by atoms with Gasteiger partial charge in [-0.15, -0.1) is 0 Å². The summed E-state index contributed by atoms with van der Waals surface area (Å²) < 4.78 is 12.1. The van der Waals surface area contributed by atoms with Crippen molar-refractivity contribution in [1.29, 1.82) is 0 Å². The molecule has 1 unspecified atom stereocenters. The molecule has 0 saturated heterocycles. The molecule has 0 aliphatic rings. The molecule has 1 aromatic carbocycles. The van der Waals surface area contributed by atoms with Crippen LogP contribution >= 0.6 is 15.9 Å². The number of aldehydes is 1. The molecular formula is C14H19BrO3. The predicted molar refractivity (Wildman–Crippen MR) is 75.6 cm³/mol. The smallest absolute Gasteiger partial charge is 0.166 e. The fraction of sp³-hybridized carbons (Fsp3) is 0.500. The van der Waals surface area contributed by atoms with Crippen LogP contribution in [0, 0.1) is 0 Å². The van der Waals surface area contributed by atoms with Crippen LogP contribution in [0.25, 0.3) is 0 Å². The third-order valence-corrected chi connectivity index (χ3v) is 3.31. The van der Waals surface area contributed by atoms with Crippen molar-refractivity contribution in [3.63, 3.8) is 0 Å². The summed E-state index contributed by atoms with van der Waals surface area (Å²) in [5.41, 5.74) is 0.982. The van der Waals surface area contributed by atoms with Gasteiger partial charge in [-0.25, -0.2) is 0 Å². The normalized spacial score (nSPS) is 12.3. The molecule has 0 heterocycles. The van der Waals surface area contributed by atoms with Crippen LogP contribution in [0.5, 0.6) is 11.5 Å². The van der Waals surface area contributed by atoms with E-state index < -0.39 is 0 Å². The fourth-order valence-electron chi connectivity index (χ4n) is 1.79. The molecule has 1 atom stereocenters. The predicted octanol–water partition coefficient (Wildman–Crippen LogP) is 3.94. The van der Waals surface area contributed by atoms with Gasteiger partial charge in [0.15, 0.2) is 11.5 Å². The highest BCUT2D eigenvalue weighted by atomic mass is 79.9. The number of carbonyl (C=O) groups excluding carboxylic acids is 1. The Balaban J connectivity index is 3.30. The zero-order valence-electron chi connectivity index (χ0n) is 11.2. The lowest BCUT2D eigenvalue weighted by Gasteiger charge is -2.21. The molecule has 1 rings (SSSR count). The van der Waals surface area contributed by atoms with Crippen LogP contribution in [0.3, 0.4) is 0 Å². The van der Waals surface area contributed by atoms with Gasteiger partial charge >= 0.3 is 0 Å². The first-order valence-corrected chi connectivity index (χ1v) is 6.77. The molecule has 0 N–H and O–H groups in total. The van der Waals surface area contributed by atoms with Crippen LogP contribution in [-0.4, -0.2) is 19.5 Å². The van der Waals surface area contributed by atoms with E-state index in [0.717, 1.165) is 22.1 Å². The summed E-state index contributed by atoms with van der Waals surface area (Å²) in [6.07, 6.45) is 1.44. The highest BCUT2D eigenvalue weighted by Gasteiger charge is 2.20. The topological polar surface area (TPSA) is 35.5 Å². The third-order valence-electron chi connectivity index (χ3n) is 2.62. The van der Waals surface area contributed by atoms with Crippen molar-refractivity contribution < 1.29 is 14.3 Å². The Bertz CT molecular complexity index is 416. The molecule has 100 valence electrons. The van der Waals surface area contributed by atoms with Crippen molar-refractivity contribution in [3.05, 3.63) is 22.2 Å². The van der Waals surface area contributed by atoms with Gasteiger partial charge in [0.1, 0.15) is 6.29 Å². The lowest BCUT2D eigenvalue weighted by molar-refractivity contribution is -0.108. The number of halogens is 1. The first-order valence-electron chi connectivity index (χ1n) is 5.97. The fourth-order valence-corrected chi connectivity index (χ4v) is 2.50. The van der Waals surface area contributed by atoms with E-state index in [1.54, 1.807) is 7.11 Å². The van der Waals surface area contributed by atoms with Crippen LogP contribution in [0.4, 0.5) is 0 Å². The molecule has 0 saturated carbocycles. The summed E-state index contributed by atoms with van der Waals surface area (Å²) in [5.74, 6) is 1.50. The number of carbonyl (C=O) groups is 1. The van der Waals surface area contributed by atoms with Crippen LogP contribution in [0.2, 0.25) is 0 Å². The maximum atomic E-state index is 10.7. The van der Waals surface area contributed by atoms with E-state index >= 15 is 0 Å². The first kappa shape index (κ1) is 15.0. The molecule has 4 heteroatoms. The monoisotopic (exact) mass is 314 g/mol. The Kier molecular flexibility index (Phi) is 5.66. The lowest BCUT2D eigenvalue weighted by atomic mass is 9.97. The van der Waals surface area contributed by atoms with E-state index in [0.29, 0.717) is 12.2 Å². The van der Waals surface area contributed by atoms with Gasteiger partial charge in [0.2, 0.25) is 0 Å². The van der Waals surface area contributed by atoms with Crippen LogP contribution < -0.4 is 9.47 Å². The Hall–Kier alpha value is -1.03. The van der Waals surface area contributed by atoms with Crippen molar-refractivity contribution in [3.8, 4) is 11.5 Å². The zero-order chi connectivity index (χ0) is 13.7. The SMILES string of the molecule is COc1ccc(Br)c(C(C)CC=O)c1OC(C)C. The number of hydrogen-bond acceptors (Lipinski definition) is 3. The molecule has 1 aromatic rings. The van der Waals surface area contributed by atoms with Crippen LogP contribution in [0.15, 0.2) is 16.6 Å². The van der Waals surface area contributed by atoms with Crippen molar-refractivity contribution in [2.24, 2.45) is 0 Å². The number of benzene rings is 1.